The van der Waals surface area contributed by atoms with Crippen molar-refractivity contribution in [1.29, 1.82) is 0 Å². The molecule has 3 aromatic rings. The molecule has 3 heterocycles. The molecule has 0 spiro atoms. The van der Waals surface area contributed by atoms with Crippen molar-refractivity contribution in [3.8, 4) is 17.1 Å². The number of nitrogens with zero attached hydrogens (tertiary/aromatic N) is 4. The summed E-state index contributed by atoms with van der Waals surface area (Å²) in [5.74, 6) is 1.97. The molecule has 0 amide bonds. The van der Waals surface area contributed by atoms with Gasteiger partial charge in [-0.15, -0.1) is 5.10 Å². The Kier molecular flexibility index (Phi) is 8.35. The maximum atomic E-state index is 13.6. The number of hydrogen-bond acceptors (Lipinski definition) is 7. The zero-order chi connectivity index (χ0) is 26.7. The summed E-state index contributed by atoms with van der Waals surface area (Å²) in [6.45, 7) is 9.04. The van der Waals surface area contributed by atoms with E-state index >= 15 is 0 Å². The van der Waals surface area contributed by atoms with Crippen molar-refractivity contribution in [2.45, 2.75) is 64.7 Å². The van der Waals surface area contributed by atoms with Gasteiger partial charge in [0.05, 0.1) is 22.8 Å². The van der Waals surface area contributed by atoms with Crippen molar-refractivity contribution in [2.24, 2.45) is 11.8 Å². The lowest BCUT2D eigenvalue weighted by atomic mass is 9.89. The van der Waals surface area contributed by atoms with E-state index in [1.807, 2.05) is 20.8 Å². The van der Waals surface area contributed by atoms with Gasteiger partial charge in [-0.1, -0.05) is 13.8 Å². The summed E-state index contributed by atoms with van der Waals surface area (Å²) in [5, 5.41) is 14.0. The highest BCUT2D eigenvalue weighted by molar-refractivity contribution is 7.89. The molecule has 202 valence electrons. The summed E-state index contributed by atoms with van der Waals surface area (Å²) in [7, 11) is -3.76. The van der Waals surface area contributed by atoms with Gasteiger partial charge in [0.1, 0.15) is 11.6 Å². The molecule has 11 heteroatoms. The number of rotatable bonds is 10. The number of ether oxygens (including phenoxy) is 1. The van der Waals surface area contributed by atoms with Crippen LogP contribution < -0.4 is 10.3 Å². The Hall–Kier alpha value is -2.76. The second kappa shape index (κ2) is 11.3. The monoisotopic (exact) mass is 531 g/mol. The fraction of sp³-hybridized carbons (Fsp3) is 0.577. The highest BCUT2D eigenvalue weighted by atomic mass is 32.2. The summed E-state index contributed by atoms with van der Waals surface area (Å²) in [5.41, 5.74) is 1.05. The van der Waals surface area contributed by atoms with Crippen LogP contribution in [-0.2, 0) is 16.4 Å². The SMILES string of the molecule is CCCc1nc(C)c2c(=O)[nH]c(-c3cc(S(=O)(=O)N4CCC(CC(C)CO)CC4)ccc3OCC)nn12. The number of aliphatic hydroxyl groups is 1. The van der Waals surface area contributed by atoms with Gasteiger partial charge in [0.15, 0.2) is 11.3 Å². The van der Waals surface area contributed by atoms with Crippen LogP contribution in [0.15, 0.2) is 27.9 Å². The van der Waals surface area contributed by atoms with Gasteiger partial charge in [0, 0.05) is 26.1 Å². The Bertz CT molecular complexity index is 1410. The first-order valence-electron chi connectivity index (χ1n) is 13.1. The normalized spacial score (nSPS) is 16.4. The summed E-state index contributed by atoms with van der Waals surface area (Å²) in [6, 6.07) is 4.70. The maximum absolute atomic E-state index is 13.6. The third-order valence-corrected chi connectivity index (χ3v) is 8.88. The van der Waals surface area contributed by atoms with Crippen LogP contribution in [0.4, 0.5) is 0 Å². The minimum Gasteiger partial charge on any atom is -0.493 e. The van der Waals surface area contributed by atoms with Gasteiger partial charge in [-0.2, -0.15) is 4.31 Å². The molecule has 0 radical (unpaired) electrons. The average molecular weight is 532 g/mol. The van der Waals surface area contributed by atoms with Crippen LogP contribution in [0.25, 0.3) is 16.9 Å². The quantitative estimate of drug-likeness (QED) is 0.411. The lowest BCUT2D eigenvalue weighted by molar-refractivity contribution is 0.184. The fourth-order valence-corrected chi connectivity index (χ4v) is 6.55. The lowest BCUT2D eigenvalue weighted by Gasteiger charge is -2.32. The second-order valence-corrected chi connectivity index (χ2v) is 11.8. The molecule has 1 saturated heterocycles. The first-order valence-corrected chi connectivity index (χ1v) is 14.5. The smallest absolute Gasteiger partial charge is 0.277 e. The molecule has 0 aliphatic carbocycles. The van der Waals surface area contributed by atoms with Crippen LogP contribution in [0.5, 0.6) is 5.75 Å². The Morgan fingerprint density at radius 1 is 1.24 bits per heavy atom. The predicted molar refractivity (Wildman–Crippen MR) is 141 cm³/mol. The van der Waals surface area contributed by atoms with Gasteiger partial charge in [-0.3, -0.25) is 4.79 Å². The number of aromatic amines is 1. The van der Waals surface area contributed by atoms with Crippen LogP contribution in [0.2, 0.25) is 0 Å². The molecule has 0 bridgehead atoms. The van der Waals surface area contributed by atoms with Gasteiger partial charge in [-0.25, -0.2) is 17.9 Å². The van der Waals surface area contributed by atoms with E-state index < -0.39 is 10.0 Å². The van der Waals surface area contributed by atoms with Crippen LogP contribution in [0, 0.1) is 18.8 Å². The number of piperidine rings is 1. The summed E-state index contributed by atoms with van der Waals surface area (Å²) in [6.07, 6.45) is 3.92. The molecule has 10 nitrogen and oxygen atoms in total. The number of aromatic nitrogens is 4. The largest absolute Gasteiger partial charge is 0.493 e. The number of fused-ring (bicyclic) bond motifs is 1. The van der Waals surface area contributed by atoms with Gasteiger partial charge < -0.3 is 14.8 Å². The first kappa shape index (κ1) is 27.3. The van der Waals surface area contributed by atoms with Crippen LogP contribution >= 0.6 is 0 Å². The Morgan fingerprint density at radius 2 is 1.97 bits per heavy atom. The Morgan fingerprint density at radius 3 is 2.62 bits per heavy atom. The summed E-state index contributed by atoms with van der Waals surface area (Å²) < 4.78 is 36.0. The van der Waals surface area contributed by atoms with Gasteiger partial charge in [0.25, 0.3) is 5.56 Å². The zero-order valence-electron chi connectivity index (χ0n) is 22.0. The molecule has 1 aliphatic heterocycles. The molecule has 37 heavy (non-hydrogen) atoms. The number of imidazole rings is 1. The molecule has 1 unspecified atom stereocenters. The van der Waals surface area contributed by atoms with Gasteiger partial charge >= 0.3 is 0 Å². The van der Waals surface area contributed by atoms with Crippen molar-refractivity contribution >= 4 is 15.5 Å². The average Bonchev–Trinajstić information content (AvgIpc) is 3.20. The van der Waals surface area contributed by atoms with Crippen molar-refractivity contribution < 1.29 is 18.3 Å². The summed E-state index contributed by atoms with van der Waals surface area (Å²) >= 11 is 0. The van der Waals surface area contributed by atoms with Gasteiger partial charge in [0.2, 0.25) is 10.0 Å². The summed E-state index contributed by atoms with van der Waals surface area (Å²) in [4.78, 5) is 20.5. The lowest BCUT2D eigenvalue weighted by Crippen LogP contribution is -2.38. The van der Waals surface area contributed by atoms with Gasteiger partial charge in [-0.05, 0) is 69.6 Å². The molecule has 4 rings (SSSR count). The van der Waals surface area contributed by atoms with Crippen LogP contribution in [-0.4, -0.2) is 63.7 Å². The third-order valence-electron chi connectivity index (χ3n) is 6.98. The zero-order valence-corrected chi connectivity index (χ0v) is 22.8. The number of nitrogens with one attached hydrogen (secondary N) is 1. The molecule has 1 aromatic carbocycles. The number of benzene rings is 1. The fourth-order valence-electron chi connectivity index (χ4n) is 5.06. The van der Waals surface area contributed by atoms with E-state index in [4.69, 9.17) is 4.74 Å². The van der Waals surface area contributed by atoms with Crippen LogP contribution in [0.1, 0.15) is 58.0 Å². The number of aryl methyl sites for hydroxylation is 2. The minimum atomic E-state index is -3.76. The first-order chi connectivity index (χ1) is 17.7. The standard InChI is InChI=1S/C26H37N5O5S/c1-5-7-23-27-18(4)24-26(33)28-25(29-31(23)24)21-15-20(8-9-22(21)36-6-2)37(34,35)30-12-10-19(11-13-30)14-17(3)16-32/h8-9,15,17,19,32H,5-7,10-14,16H2,1-4H3,(H,28,29,33). The Labute approximate surface area is 217 Å². The highest BCUT2D eigenvalue weighted by Crippen LogP contribution is 2.33. The molecule has 1 atom stereocenters. The van der Waals surface area contributed by atoms with Crippen molar-refractivity contribution in [3.63, 3.8) is 0 Å². The van der Waals surface area contributed by atoms with E-state index in [-0.39, 0.29) is 28.8 Å². The van der Waals surface area contributed by atoms with E-state index in [0.29, 0.717) is 60.4 Å². The number of hydrogen-bond donors (Lipinski definition) is 2. The maximum Gasteiger partial charge on any atom is 0.277 e. The van der Waals surface area contributed by atoms with E-state index in [1.165, 1.54) is 10.4 Å². The highest BCUT2D eigenvalue weighted by Gasteiger charge is 2.31. The molecule has 0 saturated carbocycles. The molecule has 2 N–H and O–H groups in total. The minimum absolute atomic E-state index is 0.131. The van der Waals surface area contributed by atoms with E-state index in [2.05, 4.69) is 15.1 Å². The Balaban J connectivity index is 1.71. The second-order valence-electron chi connectivity index (χ2n) is 9.89. The van der Waals surface area contributed by atoms with Crippen molar-refractivity contribution in [3.05, 3.63) is 40.1 Å². The number of aliphatic hydroxyl groups excluding tert-OH is 1. The van der Waals surface area contributed by atoms with E-state index in [9.17, 15) is 18.3 Å². The number of H-pyrrole nitrogens is 1. The number of sulfonamides is 1. The molecule has 1 aliphatic rings. The van der Waals surface area contributed by atoms with Crippen molar-refractivity contribution in [1.82, 2.24) is 23.9 Å². The topological polar surface area (TPSA) is 130 Å². The van der Waals surface area contributed by atoms with E-state index in [1.54, 1.807) is 23.6 Å². The molecule has 2 aromatic heterocycles. The predicted octanol–water partition coefficient (Wildman–Crippen LogP) is 3.16. The third kappa shape index (κ3) is 5.58. The van der Waals surface area contributed by atoms with E-state index in [0.717, 1.165) is 25.7 Å². The molecular weight excluding hydrogens is 494 g/mol. The molecule has 1 fully saturated rings. The molecular formula is C26H37N5O5S. The van der Waals surface area contributed by atoms with Crippen molar-refractivity contribution in [2.75, 3.05) is 26.3 Å². The van der Waals surface area contributed by atoms with Crippen LogP contribution in [0.3, 0.4) is 0 Å².